The van der Waals surface area contributed by atoms with E-state index in [1.54, 1.807) is 0 Å². The Bertz CT molecular complexity index is 683. The van der Waals surface area contributed by atoms with Crippen LogP contribution in [0, 0.1) is 5.41 Å². The number of carbonyl (C=O) groups is 1. The molecule has 0 saturated carbocycles. The summed E-state index contributed by atoms with van der Waals surface area (Å²) in [5, 5.41) is 0. The van der Waals surface area contributed by atoms with Crippen LogP contribution in [-0.4, -0.2) is 5.91 Å². The van der Waals surface area contributed by atoms with E-state index in [1.165, 1.54) is 5.56 Å². The van der Waals surface area contributed by atoms with Crippen molar-refractivity contribution in [2.24, 2.45) is 5.41 Å². The average molecular weight is 293 g/mol. The highest BCUT2D eigenvalue weighted by Crippen LogP contribution is 2.32. The molecule has 0 radical (unpaired) electrons. The van der Waals surface area contributed by atoms with E-state index in [4.69, 9.17) is 0 Å². The van der Waals surface area contributed by atoms with Crippen molar-refractivity contribution < 1.29 is 4.79 Å². The van der Waals surface area contributed by atoms with Crippen molar-refractivity contribution in [2.75, 3.05) is 4.90 Å². The SMILES string of the molecule is CC(C)(C)CCc1cccc2c1C(=O)N(c1ccccc1)C2. The van der Waals surface area contributed by atoms with Gasteiger partial charge in [-0.15, -0.1) is 0 Å². The van der Waals surface area contributed by atoms with Crippen LogP contribution in [0.5, 0.6) is 0 Å². The maximum absolute atomic E-state index is 12.9. The van der Waals surface area contributed by atoms with E-state index in [0.717, 1.165) is 29.7 Å². The standard InChI is InChI=1S/C20H23NO/c1-20(2,3)13-12-15-8-7-9-16-14-21(19(22)18(15)16)17-10-5-4-6-11-17/h4-11H,12-14H2,1-3H3. The summed E-state index contributed by atoms with van der Waals surface area (Å²) in [6.45, 7) is 7.42. The summed E-state index contributed by atoms with van der Waals surface area (Å²) in [6.07, 6.45) is 2.04. The summed E-state index contributed by atoms with van der Waals surface area (Å²) in [6, 6.07) is 16.2. The molecule has 2 aromatic carbocycles. The maximum atomic E-state index is 12.9. The van der Waals surface area contributed by atoms with Gasteiger partial charge < -0.3 is 4.90 Å². The molecule has 1 aliphatic heterocycles. The summed E-state index contributed by atoms with van der Waals surface area (Å²) < 4.78 is 0. The Kier molecular flexibility index (Phi) is 3.78. The number of fused-ring (bicyclic) bond motifs is 1. The summed E-state index contributed by atoms with van der Waals surface area (Å²) >= 11 is 0. The van der Waals surface area contributed by atoms with Crippen molar-refractivity contribution in [3.05, 3.63) is 65.2 Å². The number of nitrogens with zero attached hydrogens (tertiary/aromatic N) is 1. The van der Waals surface area contributed by atoms with Crippen LogP contribution in [-0.2, 0) is 13.0 Å². The van der Waals surface area contributed by atoms with Crippen molar-refractivity contribution in [3.8, 4) is 0 Å². The van der Waals surface area contributed by atoms with Crippen LogP contribution in [0.3, 0.4) is 0 Å². The lowest BCUT2D eigenvalue weighted by molar-refractivity contribution is 0.0995. The number of anilines is 1. The first-order valence-electron chi connectivity index (χ1n) is 7.93. The third-order valence-electron chi connectivity index (χ3n) is 4.24. The fourth-order valence-electron chi connectivity index (χ4n) is 2.97. The van der Waals surface area contributed by atoms with E-state index in [2.05, 4.69) is 39.0 Å². The molecule has 0 saturated heterocycles. The number of rotatable bonds is 3. The molecule has 3 rings (SSSR count). The average Bonchev–Trinajstić information content (AvgIpc) is 2.83. The molecule has 0 atom stereocenters. The lowest BCUT2D eigenvalue weighted by Crippen LogP contribution is -2.23. The topological polar surface area (TPSA) is 20.3 Å². The van der Waals surface area contributed by atoms with E-state index in [-0.39, 0.29) is 11.3 Å². The van der Waals surface area contributed by atoms with Gasteiger partial charge in [-0.25, -0.2) is 0 Å². The molecular weight excluding hydrogens is 270 g/mol. The molecule has 22 heavy (non-hydrogen) atoms. The van der Waals surface area contributed by atoms with Crippen LogP contribution in [0.4, 0.5) is 5.69 Å². The lowest BCUT2D eigenvalue weighted by Gasteiger charge is -2.19. The Morgan fingerprint density at radius 1 is 1.00 bits per heavy atom. The zero-order valence-corrected chi connectivity index (χ0v) is 13.6. The molecule has 1 aliphatic rings. The van der Waals surface area contributed by atoms with Gasteiger partial charge in [-0.2, -0.15) is 0 Å². The molecule has 2 heteroatoms. The highest BCUT2D eigenvalue weighted by molar-refractivity contribution is 6.10. The molecular formula is C20H23NO. The third-order valence-corrected chi connectivity index (χ3v) is 4.24. The van der Waals surface area contributed by atoms with Gasteiger partial charge in [0.1, 0.15) is 0 Å². The molecule has 114 valence electrons. The number of carbonyl (C=O) groups excluding carboxylic acids is 1. The minimum atomic E-state index is 0.144. The van der Waals surface area contributed by atoms with Crippen LogP contribution in [0.1, 0.15) is 48.7 Å². The highest BCUT2D eigenvalue weighted by Gasteiger charge is 2.30. The molecule has 0 N–H and O–H groups in total. The van der Waals surface area contributed by atoms with E-state index in [9.17, 15) is 4.79 Å². The summed E-state index contributed by atoms with van der Waals surface area (Å²) in [5.74, 6) is 0.144. The molecule has 0 aromatic heterocycles. The quantitative estimate of drug-likeness (QED) is 0.794. The first-order chi connectivity index (χ1) is 10.5. The van der Waals surface area contributed by atoms with Crippen LogP contribution < -0.4 is 4.90 Å². The van der Waals surface area contributed by atoms with Gasteiger partial charge in [-0.3, -0.25) is 4.79 Å². The zero-order valence-electron chi connectivity index (χ0n) is 13.6. The smallest absolute Gasteiger partial charge is 0.259 e. The van der Waals surface area contributed by atoms with Crippen LogP contribution >= 0.6 is 0 Å². The van der Waals surface area contributed by atoms with Crippen LogP contribution in [0.25, 0.3) is 0 Å². The van der Waals surface area contributed by atoms with E-state index < -0.39 is 0 Å². The van der Waals surface area contributed by atoms with Crippen LogP contribution in [0.2, 0.25) is 0 Å². The molecule has 0 aliphatic carbocycles. The maximum Gasteiger partial charge on any atom is 0.259 e. The van der Waals surface area contributed by atoms with Crippen molar-refractivity contribution in [1.82, 2.24) is 0 Å². The van der Waals surface area contributed by atoms with Crippen molar-refractivity contribution in [2.45, 2.75) is 40.2 Å². The number of para-hydroxylation sites is 1. The Hall–Kier alpha value is -2.09. The highest BCUT2D eigenvalue weighted by atomic mass is 16.2. The largest absolute Gasteiger partial charge is 0.304 e. The number of benzene rings is 2. The first-order valence-corrected chi connectivity index (χ1v) is 7.93. The van der Waals surface area contributed by atoms with Gasteiger partial charge in [0.25, 0.3) is 5.91 Å². The third kappa shape index (κ3) is 2.92. The summed E-state index contributed by atoms with van der Waals surface area (Å²) in [4.78, 5) is 14.7. The molecule has 0 unspecified atom stereocenters. The van der Waals surface area contributed by atoms with Gasteiger partial charge in [0.05, 0.1) is 6.54 Å². The summed E-state index contributed by atoms with van der Waals surface area (Å²) in [7, 11) is 0. The van der Waals surface area contributed by atoms with Crippen molar-refractivity contribution in [3.63, 3.8) is 0 Å². The van der Waals surface area contributed by atoms with E-state index >= 15 is 0 Å². The van der Waals surface area contributed by atoms with Gasteiger partial charge >= 0.3 is 0 Å². The second-order valence-corrected chi connectivity index (χ2v) is 7.24. The molecule has 2 aromatic rings. The normalized spacial score (nSPS) is 14.3. The van der Waals surface area contributed by atoms with Crippen LogP contribution in [0.15, 0.2) is 48.5 Å². The Morgan fingerprint density at radius 2 is 1.73 bits per heavy atom. The molecule has 1 heterocycles. The number of aryl methyl sites for hydroxylation is 1. The predicted molar refractivity (Wildman–Crippen MR) is 91.2 cm³/mol. The molecule has 0 bridgehead atoms. The monoisotopic (exact) mass is 293 g/mol. The van der Waals surface area contributed by atoms with Crippen molar-refractivity contribution >= 4 is 11.6 Å². The van der Waals surface area contributed by atoms with E-state index in [0.29, 0.717) is 6.54 Å². The molecule has 0 fully saturated rings. The number of hydrogen-bond acceptors (Lipinski definition) is 1. The molecule has 0 spiro atoms. The fraction of sp³-hybridized carbons (Fsp3) is 0.350. The van der Waals surface area contributed by atoms with Gasteiger partial charge in [-0.05, 0) is 41.5 Å². The van der Waals surface area contributed by atoms with Crippen molar-refractivity contribution in [1.29, 1.82) is 0 Å². The van der Waals surface area contributed by atoms with Gasteiger partial charge in [0.15, 0.2) is 0 Å². The Labute approximate surface area is 132 Å². The minimum Gasteiger partial charge on any atom is -0.304 e. The van der Waals surface area contributed by atoms with Gasteiger partial charge in [0, 0.05) is 11.3 Å². The van der Waals surface area contributed by atoms with Gasteiger partial charge in [-0.1, -0.05) is 57.2 Å². The molecule has 2 nitrogen and oxygen atoms in total. The molecule has 1 amide bonds. The Morgan fingerprint density at radius 3 is 2.41 bits per heavy atom. The lowest BCUT2D eigenvalue weighted by atomic mass is 9.87. The zero-order chi connectivity index (χ0) is 15.7. The second-order valence-electron chi connectivity index (χ2n) is 7.24. The minimum absolute atomic E-state index is 0.144. The van der Waals surface area contributed by atoms with Gasteiger partial charge in [0.2, 0.25) is 0 Å². The second kappa shape index (κ2) is 5.60. The Balaban J connectivity index is 1.90. The fourth-order valence-corrected chi connectivity index (χ4v) is 2.97. The predicted octanol–water partition coefficient (Wildman–Crippen LogP) is 4.83. The summed E-state index contributed by atoms with van der Waals surface area (Å²) in [5.41, 5.74) is 4.53. The first kappa shape index (κ1) is 14.8. The number of amides is 1. The number of hydrogen-bond donors (Lipinski definition) is 0. The van der Waals surface area contributed by atoms with E-state index in [1.807, 2.05) is 35.2 Å².